The lowest BCUT2D eigenvalue weighted by Gasteiger charge is -2.39. The number of amides is 4. The number of sulfonamides is 1. The molecule has 7 rings (SSSR count). The number of benzene rings is 1. The third-order valence-corrected chi connectivity index (χ3v) is 15.0. The molecule has 3 fully saturated rings. The van der Waals surface area contributed by atoms with Crippen LogP contribution in [-0.2, 0) is 30.8 Å². The molecule has 4 amide bonds. The molecule has 2 aliphatic carbocycles. The van der Waals surface area contributed by atoms with Gasteiger partial charge in [-0.25, -0.2) is 17.6 Å². The summed E-state index contributed by atoms with van der Waals surface area (Å²) < 4.78 is 87.8. The minimum Gasteiger partial charge on any atom is -0.477 e. The van der Waals surface area contributed by atoms with E-state index in [1.54, 1.807) is 57.2 Å². The molecule has 4 heterocycles. The van der Waals surface area contributed by atoms with E-state index in [4.69, 9.17) is 9.47 Å². The molecule has 7 atom stereocenters. The Morgan fingerprint density at radius 3 is 2.51 bits per heavy atom. The van der Waals surface area contributed by atoms with Gasteiger partial charge in [0.25, 0.3) is 5.91 Å². The Bertz CT molecular complexity index is 2190. The smallest absolute Gasteiger partial charge is 0.408 e. The molecule has 322 valence electrons. The number of halogens is 3. The van der Waals surface area contributed by atoms with Crippen molar-refractivity contribution in [1.82, 2.24) is 24.8 Å². The number of pyridine rings is 1. The Labute approximate surface area is 341 Å². The maximum atomic E-state index is 17.6. The van der Waals surface area contributed by atoms with Gasteiger partial charge in [0, 0.05) is 22.9 Å². The van der Waals surface area contributed by atoms with E-state index >= 15 is 13.6 Å². The van der Waals surface area contributed by atoms with Gasteiger partial charge in [0.2, 0.25) is 33.6 Å². The maximum absolute atomic E-state index is 17.6. The Balaban J connectivity index is 1.34. The lowest BCUT2D eigenvalue weighted by molar-refractivity contribution is -0.163. The fourth-order valence-corrected chi connectivity index (χ4v) is 10.6. The fraction of sp³-hybridized carbons (Fsp3) is 0.634. The highest BCUT2D eigenvalue weighted by atomic mass is 32.2. The van der Waals surface area contributed by atoms with Crippen LogP contribution in [0, 0.1) is 17.8 Å². The first-order valence-electron chi connectivity index (χ1n) is 20.3. The number of ether oxygens (including phenoxy) is 2. The molecule has 59 heavy (non-hydrogen) atoms. The Hall–Kier alpha value is -4.61. The van der Waals surface area contributed by atoms with Gasteiger partial charge in [-0.3, -0.25) is 24.0 Å². The molecule has 1 aromatic carbocycles. The third kappa shape index (κ3) is 7.26. The van der Waals surface area contributed by atoms with Crippen molar-refractivity contribution in [1.29, 1.82) is 0 Å². The van der Waals surface area contributed by atoms with Gasteiger partial charge in [0.1, 0.15) is 23.0 Å². The second-order valence-electron chi connectivity index (χ2n) is 17.6. The van der Waals surface area contributed by atoms with E-state index in [-0.39, 0.29) is 36.9 Å². The number of hydrogen-bond donors (Lipinski definition) is 3. The number of aromatic nitrogens is 1. The van der Waals surface area contributed by atoms with Crippen LogP contribution in [0.4, 0.5) is 18.0 Å². The molecule has 1 saturated heterocycles. The summed E-state index contributed by atoms with van der Waals surface area (Å²) in [5.41, 5.74) is -3.95. The van der Waals surface area contributed by atoms with E-state index in [2.05, 4.69) is 10.3 Å². The van der Waals surface area contributed by atoms with Crippen LogP contribution in [0.25, 0.3) is 10.8 Å². The van der Waals surface area contributed by atoms with Crippen molar-refractivity contribution >= 4 is 44.6 Å². The van der Waals surface area contributed by atoms with Crippen LogP contribution in [0.2, 0.25) is 0 Å². The van der Waals surface area contributed by atoms with E-state index < -0.39 is 98.8 Å². The lowest BCUT2D eigenvalue weighted by Crippen LogP contribution is -2.63. The normalized spacial score (nSPS) is 31.9. The van der Waals surface area contributed by atoms with Crippen molar-refractivity contribution in [2.24, 2.45) is 17.8 Å². The minimum absolute atomic E-state index is 0.0270. The minimum atomic E-state index is -4.58. The molecule has 2 aromatic rings. The van der Waals surface area contributed by atoms with Gasteiger partial charge in [-0.2, -0.15) is 13.8 Å². The molecule has 0 unspecified atom stereocenters. The molecule has 1 aromatic heterocycles. The first kappa shape index (κ1) is 42.5. The van der Waals surface area contributed by atoms with E-state index in [1.807, 2.05) is 11.6 Å². The van der Waals surface area contributed by atoms with E-state index in [1.165, 1.54) is 0 Å². The zero-order valence-electron chi connectivity index (χ0n) is 33.8. The summed E-state index contributed by atoms with van der Waals surface area (Å²) in [6.07, 6.45) is 4.40. The number of alkyl halides is 3. The number of nitrogens with one attached hydrogen (secondary N) is 2. The summed E-state index contributed by atoms with van der Waals surface area (Å²) in [7, 11) is -4.58. The Morgan fingerprint density at radius 1 is 1.17 bits per heavy atom. The Morgan fingerprint density at radius 2 is 1.86 bits per heavy atom. The van der Waals surface area contributed by atoms with Gasteiger partial charge in [-0.05, 0) is 95.4 Å². The summed E-state index contributed by atoms with van der Waals surface area (Å²) in [5.74, 6) is -9.67. The number of fused-ring (bicyclic) bond motifs is 5. The molecule has 18 heteroatoms. The topological polar surface area (TPSA) is 185 Å². The van der Waals surface area contributed by atoms with Crippen molar-refractivity contribution in [3.8, 4) is 11.8 Å². The third-order valence-electron chi connectivity index (χ3n) is 12.9. The number of nitrogens with zero attached hydrogens (tertiary/aromatic N) is 3. The lowest BCUT2D eigenvalue weighted by atomic mass is 9.86. The van der Waals surface area contributed by atoms with Gasteiger partial charge >= 0.3 is 12.0 Å². The first-order chi connectivity index (χ1) is 27.7. The SMILES string of the molecule is CC(C)N(C(=O)O)[C@@H]1C(=O)N2C[C@@](C)(Oc3nc4c(c5ccccc35)CCCO4)C(F)(F)[C@@H]2C(=O)N[C@]2(C(=O)NS(=O)(=O)C3(CF)CC3)C[C@H]2/C=C\CC[C@@H](C)C[C@H]1C. The average molecular weight is 848 g/mol. The van der Waals surface area contributed by atoms with Crippen molar-refractivity contribution in [3.05, 3.63) is 42.0 Å². The standard InChI is InChI=1S/C41H52F3N5O9S/c1-23(2)49(37(53)54)30-25(4)19-24(3)11-6-7-12-26-20-40(26,36(52)47-59(55,56)39(21-42)16-17-39)46-32(50)31-41(43,44)38(5,22-48(31)35(30)51)58-34-29-14-9-8-13-27(29)28-15-10-18-57-33(28)45-34/h7-9,12-14,23-26,30-31H,6,10-11,15-22H2,1-5H3,(H,46,50)(H,47,52)(H,53,54)/b12-7-/t24-,25-,26-,30+,31+,38-,40-/m1/s1. The van der Waals surface area contributed by atoms with Gasteiger partial charge < -0.3 is 24.8 Å². The van der Waals surface area contributed by atoms with Crippen LogP contribution < -0.4 is 19.5 Å². The molecule has 14 nitrogen and oxygen atoms in total. The second-order valence-corrected chi connectivity index (χ2v) is 19.7. The summed E-state index contributed by atoms with van der Waals surface area (Å²) in [5, 5.41) is 13.9. The second kappa shape index (κ2) is 15.1. The maximum Gasteiger partial charge on any atom is 0.408 e. The molecule has 2 saturated carbocycles. The monoisotopic (exact) mass is 847 g/mol. The number of hydrogen-bond acceptors (Lipinski definition) is 9. The van der Waals surface area contributed by atoms with Gasteiger partial charge in [0.15, 0.2) is 11.6 Å². The molecule has 5 aliphatic rings. The highest BCUT2D eigenvalue weighted by Gasteiger charge is 2.72. The van der Waals surface area contributed by atoms with Crippen LogP contribution in [0.5, 0.6) is 11.8 Å². The molecule has 3 aliphatic heterocycles. The zero-order chi connectivity index (χ0) is 42.9. The van der Waals surface area contributed by atoms with Crippen LogP contribution in [0.3, 0.4) is 0 Å². The predicted molar refractivity (Wildman–Crippen MR) is 209 cm³/mol. The zero-order valence-corrected chi connectivity index (χ0v) is 34.6. The molecule has 0 bridgehead atoms. The summed E-state index contributed by atoms with van der Waals surface area (Å²) >= 11 is 0. The Kier molecular flexibility index (Phi) is 10.9. The fourth-order valence-electron chi connectivity index (χ4n) is 9.15. The van der Waals surface area contributed by atoms with Crippen molar-refractivity contribution in [2.45, 2.75) is 126 Å². The summed E-state index contributed by atoms with van der Waals surface area (Å²) in [4.78, 5) is 62.6. The molecular formula is C41H52F3N5O9S. The van der Waals surface area contributed by atoms with E-state index in [9.17, 15) is 32.3 Å². The van der Waals surface area contributed by atoms with Crippen molar-refractivity contribution < 1.29 is 55.3 Å². The quantitative estimate of drug-likeness (QED) is 0.301. The van der Waals surface area contributed by atoms with Crippen LogP contribution in [0.15, 0.2) is 36.4 Å². The number of rotatable bonds is 8. The van der Waals surface area contributed by atoms with Crippen LogP contribution in [-0.4, -0.2) is 112 Å². The number of aryl methyl sites for hydroxylation is 1. The molecule has 0 radical (unpaired) electrons. The van der Waals surface area contributed by atoms with Gasteiger partial charge in [0.05, 0.1) is 13.2 Å². The summed E-state index contributed by atoms with van der Waals surface area (Å²) in [6, 6.07) is 1.92. The highest BCUT2D eigenvalue weighted by molar-refractivity contribution is 7.91. The number of allylic oxidation sites excluding steroid dienone is 1. The van der Waals surface area contributed by atoms with Gasteiger partial charge in [-0.1, -0.05) is 44.2 Å². The van der Waals surface area contributed by atoms with Crippen molar-refractivity contribution in [2.75, 3.05) is 19.8 Å². The molecule has 3 N–H and O–H groups in total. The van der Waals surface area contributed by atoms with Gasteiger partial charge in [-0.15, -0.1) is 0 Å². The molecular weight excluding hydrogens is 796 g/mol. The summed E-state index contributed by atoms with van der Waals surface area (Å²) in [6.45, 7) is 5.93. The average Bonchev–Trinajstić information content (AvgIpc) is 4.09. The highest BCUT2D eigenvalue weighted by Crippen LogP contribution is 2.51. The van der Waals surface area contributed by atoms with Crippen LogP contribution >= 0.6 is 0 Å². The molecule has 0 spiro atoms. The van der Waals surface area contributed by atoms with Crippen LogP contribution in [0.1, 0.15) is 85.1 Å². The number of carboxylic acid groups (broad SMARTS) is 1. The largest absolute Gasteiger partial charge is 0.477 e. The number of carbonyl (C=O) groups is 4. The number of carbonyl (C=O) groups excluding carboxylic acids is 3. The van der Waals surface area contributed by atoms with E-state index in [0.29, 0.717) is 54.4 Å². The van der Waals surface area contributed by atoms with E-state index in [0.717, 1.165) is 17.4 Å². The predicted octanol–water partition coefficient (Wildman–Crippen LogP) is 5.14. The van der Waals surface area contributed by atoms with Crippen molar-refractivity contribution in [3.63, 3.8) is 0 Å². The first-order valence-corrected chi connectivity index (χ1v) is 21.8.